The first kappa shape index (κ1) is 17.6. The van der Waals surface area contributed by atoms with Gasteiger partial charge >= 0.3 is 0 Å². The normalized spacial score (nSPS) is 18.4. The molecule has 2 aliphatic rings. The molecule has 0 spiro atoms. The number of likely N-dealkylation sites (tertiary alicyclic amines) is 1. The first-order valence-corrected chi connectivity index (χ1v) is 9.37. The summed E-state index contributed by atoms with van der Waals surface area (Å²) in [6.45, 7) is 1.19. The predicted octanol–water partition coefficient (Wildman–Crippen LogP) is 2.51. The van der Waals surface area contributed by atoms with Crippen molar-refractivity contribution in [2.75, 3.05) is 27.3 Å². The summed E-state index contributed by atoms with van der Waals surface area (Å²) in [6, 6.07) is 7.52. The molecule has 2 aromatic rings. The highest BCUT2D eigenvalue weighted by Gasteiger charge is 2.31. The minimum Gasteiger partial charge on any atom is -0.497 e. The molecule has 1 aliphatic heterocycles. The van der Waals surface area contributed by atoms with Gasteiger partial charge in [0.1, 0.15) is 17.1 Å². The van der Waals surface area contributed by atoms with Crippen molar-refractivity contribution < 1.29 is 14.3 Å². The summed E-state index contributed by atoms with van der Waals surface area (Å²) < 4.78 is 10.8. The zero-order valence-electron chi connectivity index (χ0n) is 15.7. The van der Waals surface area contributed by atoms with Crippen LogP contribution in [0.15, 0.2) is 29.1 Å². The second kappa shape index (κ2) is 7.10. The number of ether oxygens (including phenoxy) is 2. The number of hydrogen-bond acceptors (Lipinski definition) is 4. The molecule has 6 nitrogen and oxygen atoms in total. The van der Waals surface area contributed by atoms with E-state index in [1.54, 1.807) is 25.2 Å². The zero-order chi connectivity index (χ0) is 19.0. The largest absolute Gasteiger partial charge is 0.497 e. The Kier molecular flexibility index (Phi) is 4.64. The molecular weight excluding hydrogens is 344 g/mol. The molecule has 0 saturated carbocycles. The number of aromatic nitrogens is 1. The third kappa shape index (κ3) is 3.20. The number of nitrogens with one attached hydrogen (secondary N) is 1. The minimum absolute atomic E-state index is 0.160. The predicted molar refractivity (Wildman–Crippen MR) is 102 cm³/mol. The number of methoxy groups -OCH3 is 2. The molecule has 0 radical (unpaired) electrons. The molecule has 0 unspecified atom stereocenters. The van der Waals surface area contributed by atoms with Gasteiger partial charge in [0, 0.05) is 30.3 Å². The van der Waals surface area contributed by atoms with E-state index in [2.05, 4.69) is 4.98 Å². The van der Waals surface area contributed by atoms with Gasteiger partial charge < -0.3 is 19.4 Å². The molecule has 1 fully saturated rings. The summed E-state index contributed by atoms with van der Waals surface area (Å²) in [5, 5.41) is 0. The fourth-order valence-corrected chi connectivity index (χ4v) is 4.20. The molecule has 1 aromatic heterocycles. The minimum atomic E-state index is -0.275. The van der Waals surface area contributed by atoms with Crippen molar-refractivity contribution in [1.29, 1.82) is 0 Å². The van der Waals surface area contributed by atoms with Gasteiger partial charge in [-0.1, -0.05) is 0 Å². The summed E-state index contributed by atoms with van der Waals surface area (Å²) in [4.78, 5) is 30.0. The lowest BCUT2D eigenvalue weighted by atomic mass is 9.97. The molecule has 1 saturated heterocycles. The molecule has 1 amide bonds. The standard InChI is InChI=1S/C21H24N2O4/c1-26-15-6-7-19(27-2)16(11-15)14-8-9-23(12-14)21(25)17-10-13-4-3-5-18(13)22-20(17)24/h6-7,10-11,14H,3-5,8-9,12H2,1-2H3,(H,22,24)/t14-/m1/s1. The molecule has 1 aromatic carbocycles. The monoisotopic (exact) mass is 368 g/mol. The van der Waals surface area contributed by atoms with Crippen LogP contribution in [0, 0.1) is 0 Å². The number of carbonyl (C=O) groups is 1. The van der Waals surface area contributed by atoms with Crippen LogP contribution in [0.25, 0.3) is 0 Å². The van der Waals surface area contributed by atoms with Crippen LogP contribution in [0.1, 0.15) is 45.9 Å². The Morgan fingerprint density at radius 3 is 2.81 bits per heavy atom. The number of fused-ring (bicyclic) bond motifs is 1. The molecule has 0 bridgehead atoms. The fourth-order valence-electron chi connectivity index (χ4n) is 4.20. The summed E-state index contributed by atoms with van der Waals surface area (Å²) in [7, 11) is 3.28. The van der Waals surface area contributed by atoms with Crippen LogP contribution in [0.2, 0.25) is 0 Å². The molecule has 1 aliphatic carbocycles. The van der Waals surface area contributed by atoms with Gasteiger partial charge in [-0.3, -0.25) is 9.59 Å². The number of pyridine rings is 1. The van der Waals surface area contributed by atoms with E-state index in [-0.39, 0.29) is 22.9 Å². The third-order valence-corrected chi connectivity index (χ3v) is 5.67. The number of carbonyl (C=O) groups excluding carboxylic acids is 1. The van der Waals surface area contributed by atoms with Gasteiger partial charge in [-0.15, -0.1) is 0 Å². The Balaban J connectivity index is 1.57. The first-order chi connectivity index (χ1) is 13.1. The molecule has 2 heterocycles. The number of aryl methyl sites for hydroxylation is 2. The second-order valence-electron chi connectivity index (χ2n) is 7.21. The van der Waals surface area contributed by atoms with Crippen LogP contribution in [-0.2, 0) is 12.8 Å². The summed E-state index contributed by atoms with van der Waals surface area (Å²) in [5.41, 5.74) is 3.10. The first-order valence-electron chi connectivity index (χ1n) is 9.37. The van der Waals surface area contributed by atoms with E-state index in [1.807, 2.05) is 18.2 Å². The molecule has 142 valence electrons. The number of nitrogens with zero attached hydrogens (tertiary/aromatic N) is 1. The topological polar surface area (TPSA) is 71.6 Å². The molecule has 1 N–H and O–H groups in total. The summed E-state index contributed by atoms with van der Waals surface area (Å²) in [6.07, 6.45) is 3.68. The lowest BCUT2D eigenvalue weighted by Crippen LogP contribution is -2.33. The molecule has 4 rings (SSSR count). The van der Waals surface area contributed by atoms with E-state index in [1.165, 1.54) is 0 Å². The maximum atomic E-state index is 13.0. The Bertz CT molecular complexity index is 934. The fraction of sp³-hybridized carbons (Fsp3) is 0.429. The van der Waals surface area contributed by atoms with Crippen molar-refractivity contribution >= 4 is 5.91 Å². The average molecular weight is 368 g/mol. The van der Waals surface area contributed by atoms with Crippen LogP contribution < -0.4 is 15.0 Å². The number of amides is 1. The highest BCUT2D eigenvalue weighted by atomic mass is 16.5. The molecule has 1 atom stereocenters. The number of benzene rings is 1. The lowest BCUT2D eigenvalue weighted by molar-refractivity contribution is 0.0788. The second-order valence-corrected chi connectivity index (χ2v) is 7.21. The highest BCUT2D eigenvalue weighted by molar-refractivity contribution is 5.94. The van der Waals surface area contributed by atoms with Crippen molar-refractivity contribution in [2.24, 2.45) is 0 Å². The van der Waals surface area contributed by atoms with E-state index >= 15 is 0 Å². The quantitative estimate of drug-likeness (QED) is 0.900. The number of aromatic amines is 1. The van der Waals surface area contributed by atoms with Crippen LogP contribution in [0.4, 0.5) is 0 Å². The van der Waals surface area contributed by atoms with Gasteiger partial charge in [0.05, 0.1) is 14.2 Å². The Morgan fingerprint density at radius 2 is 2.04 bits per heavy atom. The van der Waals surface area contributed by atoms with Crippen molar-refractivity contribution in [3.63, 3.8) is 0 Å². The van der Waals surface area contributed by atoms with Crippen molar-refractivity contribution in [1.82, 2.24) is 9.88 Å². The van der Waals surface area contributed by atoms with Crippen molar-refractivity contribution in [3.05, 3.63) is 57.0 Å². The maximum Gasteiger partial charge on any atom is 0.261 e. The third-order valence-electron chi connectivity index (χ3n) is 5.67. The number of H-pyrrole nitrogens is 1. The van der Waals surface area contributed by atoms with Crippen LogP contribution >= 0.6 is 0 Å². The van der Waals surface area contributed by atoms with Gasteiger partial charge in [-0.05, 0) is 55.5 Å². The van der Waals surface area contributed by atoms with E-state index in [4.69, 9.17) is 9.47 Å². The summed E-state index contributed by atoms with van der Waals surface area (Å²) >= 11 is 0. The average Bonchev–Trinajstić information content (AvgIpc) is 3.35. The lowest BCUT2D eigenvalue weighted by Gasteiger charge is -2.18. The number of rotatable bonds is 4. The molecule has 27 heavy (non-hydrogen) atoms. The molecule has 6 heteroatoms. The van der Waals surface area contributed by atoms with E-state index in [0.29, 0.717) is 13.1 Å². The van der Waals surface area contributed by atoms with Crippen molar-refractivity contribution in [3.8, 4) is 11.5 Å². The van der Waals surface area contributed by atoms with Gasteiger partial charge in [-0.2, -0.15) is 0 Å². The SMILES string of the molecule is COc1ccc(OC)c([C@@H]2CCN(C(=O)c3cc4c([nH]c3=O)CCC4)C2)c1. The highest BCUT2D eigenvalue weighted by Crippen LogP contribution is 2.36. The van der Waals surface area contributed by atoms with Crippen molar-refractivity contribution in [2.45, 2.75) is 31.6 Å². The Labute approximate surface area is 158 Å². The number of hydrogen-bond donors (Lipinski definition) is 1. The van der Waals surface area contributed by atoms with Crippen LogP contribution in [0.5, 0.6) is 11.5 Å². The van der Waals surface area contributed by atoms with Crippen LogP contribution in [-0.4, -0.2) is 43.1 Å². The van der Waals surface area contributed by atoms with Crippen LogP contribution in [0.3, 0.4) is 0 Å². The smallest absolute Gasteiger partial charge is 0.261 e. The zero-order valence-corrected chi connectivity index (χ0v) is 15.7. The Morgan fingerprint density at radius 1 is 1.19 bits per heavy atom. The van der Waals surface area contributed by atoms with E-state index in [0.717, 1.165) is 54.0 Å². The van der Waals surface area contributed by atoms with E-state index < -0.39 is 0 Å². The van der Waals surface area contributed by atoms with E-state index in [9.17, 15) is 9.59 Å². The summed E-state index contributed by atoms with van der Waals surface area (Å²) in [5.74, 6) is 1.54. The maximum absolute atomic E-state index is 13.0. The molecular formula is C21H24N2O4. The van der Waals surface area contributed by atoms with Gasteiger partial charge in [0.2, 0.25) is 0 Å². The Hall–Kier alpha value is -2.76. The van der Waals surface area contributed by atoms with Gasteiger partial charge in [0.25, 0.3) is 11.5 Å². The van der Waals surface area contributed by atoms with Gasteiger partial charge in [-0.25, -0.2) is 0 Å². The van der Waals surface area contributed by atoms with Gasteiger partial charge in [0.15, 0.2) is 0 Å².